The number of carbonyl (C=O) groups is 1. The Morgan fingerprint density at radius 2 is 2.24 bits per heavy atom. The van der Waals surface area contributed by atoms with Gasteiger partial charge in [0, 0.05) is 19.8 Å². The second-order valence-corrected chi connectivity index (χ2v) is 4.57. The van der Waals surface area contributed by atoms with E-state index in [9.17, 15) is 4.79 Å². The van der Waals surface area contributed by atoms with Crippen molar-refractivity contribution in [3.63, 3.8) is 0 Å². The molecule has 6 heteroatoms. The zero-order chi connectivity index (χ0) is 15.4. The number of nitrogens with zero attached hydrogens (tertiary/aromatic N) is 3. The molecule has 0 atom stereocenters. The molecule has 0 unspecified atom stereocenters. The van der Waals surface area contributed by atoms with Gasteiger partial charge in [0.15, 0.2) is 5.82 Å². The van der Waals surface area contributed by atoms with Crippen molar-refractivity contribution in [2.24, 2.45) is 0 Å². The van der Waals surface area contributed by atoms with E-state index in [0.29, 0.717) is 17.9 Å². The lowest BCUT2D eigenvalue weighted by atomic mass is 10.1. The molecule has 0 saturated heterocycles. The standard InChI is InChI=1S/C15H14N4O2/c1-19(9-11-4-2-3-10(7-11)8-16)14-13(17)12(15(20)21)5-6-18-14/h2-7H,9,17H2,1H3,(H,20,21). The van der Waals surface area contributed by atoms with E-state index in [4.69, 9.17) is 16.1 Å². The summed E-state index contributed by atoms with van der Waals surface area (Å²) >= 11 is 0. The average molecular weight is 282 g/mol. The number of carboxylic acids is 1. The molecule has 0 fully saturated rings. The summed E-state index contributed by atoms with van der Waals surface area (Å²) in [6.07, 6.45) is 1.41. The first kappa shape index (κ1) is 14.3. The third kappa shape index (κ3) is 3.09. The van der Waals surface area contributed by atoms with Gasteiger partial charge in [-0.2, -0.15) is 5.26 Å². The van der Waals surface area contributed by atoms with Crippen molar-refractivity contribution in [1.29, 1.82) is 5.26 Å². The molecular formula is C15H14N4O2. The van der Waals surface area contributed by atoms with E-state index in [-0.39, 0.29) is 11.3 Å². The third-order valence-corrected chi connectivity index (χ3v) is 3.04. The first-order chi connectivity index (χ1) is 10.0. The number of benzene rings is 1. The van der Waals surface area contributed by atoms with Gasteiger partial charge < -0.3 is 15.7 Å². The third-order valence-electron chi connectivity index (χ3n) is 3.04. The Morgan fingerprint density at radius 3 is 2.90 bits per heavy atom. The van der Waals surface area contributed by atoms with Gasteiger partial charge in [-0.25, -0.2) is 9.78 Å². The van der Waals surface area contributed by atoms with Crippen molar-refractivity contribution in [2.45, 2.75) is 6.54 Å². The van der Waals surface area contributed by atoms with Gasteiger partial charge in [-0.3, -0.25) is 0 Å². The fraction of sp³-hybridized carbons (Fsp3) is 0.133. The molecule has 1 heterocycles. The highest BCUT2D eigenvalue weighted by atomic mass is 16.4. The molecule has 0 aliphatic rings. The Kier molecular flexibility index (Phi) is 4.05. The van der Waals surface area contributed by atoms with E-state index in [2.05, 4.69) is 11.1 Å². The van der Waals surface area contributed by atoms with Crippen LogP contribution < -0.4 is 10.6 Å². The van der Waals surface area contributed by atoms with Gasteiger partial charge in [0.1, 0.15) is 0 Å². The van der Waals surface area contributed by atoms with Crippen LogP contribution >= 0.6 is 0 Å². The van der Waals surface area contributed by atoms with E-state index in [1.54, 1.807) is 30.1 Å². The van der Waals surface area contributed by atoms with Crippen LogP contribution in [-0.2, 0) is 6.54 Å². The summed E-state index contributed by atoms with van der Waals surface area (Å²) in [5, 5.41) is 18.0. The predicted octanol–water partition coefficient (Wildman–Crippen LogP) is 1.87. The summed E-state index contributed by atoms with van der Waals surface area (Å²) in [6, 6.07) is 10.6. The topological polar surface area (TPSA) is 103 Å². The fourth-order valence-electron chi connectivity index (χ4n) is 2.04. The van der Waals surface area contributed by atoms with E-state index < -0.39 is 5.97 Å². The van der Waals surface area contributed by atoms with Crippen LogP contribution in [0.1, 0.15) is 21.5 Å². The maximum Gasteiger partial charge on any atom is 0.337 e. The Bertz CT molecular complexity index is 722. The zero-order valence-corrected chi connectivity index (χ0v) is 11.4. The molecule has 0 amide bonds. The molecule has 0 spiro atoms. The Hall–Kier alpha value is -3.07. The highest BCUT2D eigenvalue weighted by Crippen LogP contribution is 2.24. The Morgan fingerprint density at radius 1 is 1.48 bits per heavy atom. The molecule has 0 aliphatic carbocycles. The van der Waals surface area contributed by atoms with Crippen LogP contribution in [0, 0.1) is 11.3 Å². The first-order valence-corrected chi connectivity index (χ1v) is 6.21. The smallest absolute Gasteiger partial charge is 0.337 e. The van der Waals surface area contributed by atoms with Crippen LogP contribution in [0.25, 0.3) is 0 Å². The quantitative estimate of drug-likeness (QED) is 0.887. The zero-order valence-electron chi connectivity index (χ0n) is 11.4. The van der Waals surface area contributed by atoms with Gasteiger partial charge in [-0.05, 0) is 23.8 Å². The Labute approximate surface area is 122 Å². The van der Waals surface area contributed by atoms with Gasteiger partial charge >= 0.3 is 5.97 Å². The second-order valence-electron chi connectivity index (χ2n) is 4.57. The number of nitrogens with two attached hydrogens (primary N) is 1. The summed E-state index contributed by atoms with van der Waals surface area (Å²) in [5.41, 5.74) is 7.50. The number of aromatic nitrogens is 1. The number of pyridine rings is 1. The molecule has 2 aromatic rings. The molecule has 0 radical (unpaired) electrons. The van der Waals surface area contributed by atoms with E-state index in [0.717, 1.165) is 5.56 Å². The van der Waals surface area contributed by atoms with Crippen molar-refractivity contribution in [3.8, 4) is 6.07 Å². The van der Waals surface area contributed by atoms with Crippen LogP contribution in [0.4, 0.5) is 11.5 Å². The molecule has 3 N–H and O–H groups in total. The number of hydrogen-bond donors (Lipinski definition) is 2. The van der Waals surface area contributed by atoms with E-state index in [1.165, 1.54) is 12.3 Å². The van der Waals surface area contributed by atoms with Crippen molar-refractivity contribution >= 4 is 17.5 Å². The summed E-state index contributed by atoms with van der Waals surface area (Å²) in [5.74, 6) is -0.687. The van der Waals surface area contributed by atoms with Crippen LogP contribution in [0.2, 0.25) is 0 Å². The summed E-state index contributed by atoms with van der Waals surface area (Å²) in [7, 11) is 1.77. The second kappa shape index (κ2) is 5.92. The van der Waals surface area contributed by atoms with Gasteiger partial charge in [0.2, 0.25) is 0 Å². The van der Waals surface area contributed by atoms with Crippen molar-refractivity contribution in [2.75, 3.05) is 17.7 Å². The highest BCUT2D eigenvalue weighted by Gasteiger charge is 2.15. The van der Waals surface area contributed by atoms with E-state index >= 15 is 0 Å². The lowest BCUT2D eigenvalue weighted by Gasteiger charge is -2.20. The fourth-order valence-corrected chi connectivity index (χ4v) is 2.04. The maximum absolute atomic E-state index is 11.1. The minimum absolute atomic E-state index is 0.0256. The molecule has 1 aromatic heterocycles. The van der Waals surface area contributed by atoms with Crippen molar-refractivity contribution < 1.29 is 9.90 Å². The minimum atomic E-state index is -1.09. The number of rotatable bonds is 4. The van der Waals surface area contributed by atoms with Crippen LogP contribution in [0.3, 0.4) is 0 Å². The predicted molar refractivity (Wildman–Crippen MR) is 78.9 cm³/mol. The molecule has 21 heavy (non-hydrogen) atoms. The molecule has 2 rings (SSSR count). The SMILES string of the molecule is CN(Cc1cccc(C#N)c1)c1nccc(C(=O)O)c1N. The number of anilines is 2. The molecule has 0 saturated carbocycles. The molecule has 0 aliphatic heterocycles. The molecule has 0 bridgehead atoms. The normalized spacial score (nSPS) is 9.90. The lowest BCUT2D eigenvalue weighted by Crippen LogP contribution is -2.20. The summed E-state index contributed by atoms with van der Waals surface area (Å²) in [6.45, 7) is 0.468. The van der Waals surface area contributed by atoms with E-state index in [1.807, 2.05) is 6.07 Å². The van der Waals surface area contributed by atoms with Gasteiger partial charge in [-0.15, -0.1) is 0 Å². The average Bonchev–Trinajstić information content (AvgIpc) is 2.47. The molecule has 106 valence electrons. The highest BCUT2D eigenvalue weighted by molar-refractivity contribution is 5.96. The molecule has 1 aromatic carbocycles. The maximum atomic E-state index is 11.1. The summed E-state index contributed by atoms with van der Waals surface area (Å²) in [4.78, 5) is 17.0. The number of nitrogen functional groups attached to an aromatic ring is 1. The van der Waals surface area contributed by atoms with Crippen LogP contribution in [0.15, 0.2) is 36.5 Å². The van der Waals surface area contributed by atoms with Gasteiger partial charge in [0.25, 0.3) is 0 Å². The number of aromatic carboxylic acids is 1. The van der Waals surface area contributed by atoms with Gasteiger partial charge in [0.05, 0.1) is 22.9 Å². The van der Waals surface area contributed by atoms with Gasteiger partial charge in [-0.1, -0.05) is 12.1 Å². The monoisotopic (exact) mass is 282 g/mol. The Balaban J connectivity index is 2.28. The molecule has 6 nitrogen and oxygen atoms in total. The van der Waals surface area contributed by atoms with Crippen LogP contribution in [-0.4, -0.2) is 23.1 Å². The lowest BCUT2D eigenvalue weighted by molar-refractivity contribution is 0.0698. The number of hydrogen-bond acceptors (Lipinski definition) is 5. The van der Waals surface area contributed by atoms with Crippen molar-refractivity contribution in [3.05, 3.63) is 53.2 Å². The van der Waals surface area contributed by atoms with Crippen LogP contribution in [0.5, 0.6) is 0 Å². The summed E-state index contributed by atoms with van der Waals surface area (Å²) < 4.78 is 0. The number of nitriles is 1. The first-order valence-electron chi connectivity index (χ1n) is 6.21. The molecular weight excluding hydrogens is 268 g/mol. The van der Waals surface area contributed by atoms with Crippen molar-refractivity contribution in [1.82, 2.24) is 4.98 Å². The largest absolute Gasteiger partial charge is 0.478 e. The number of carboxylic acid groups (broad SMARTS) is 1. The minimum Gasteiger partial charge on any atom is -0.478 e.